The van der Waals surface area contributed by atoms with E-state index in [0.717, 1.165) is 35.9 Å². The lowest BCUT2D eigenvalue weighted by molar-refractivity contribution is 0.141. The second-order valence-electron chi connectivity index (χ2n) is 5.29. The van der Waals surface area contributed by atoms with Gasteiger partial charge in [0.25, 0.3) is 0 Å². The van der Waals surface area contributed by atoms with Crippen LogP contribution in [-0.4, -0.2) is 11.7 Å². The summed E-state index contributed by atoms with van der Waals surface area (Å²) in [5.41, 5.74) is 1.03. The molecule has 1 aliphatic rings. The number of ether oxygens (including phenoxy) is 1. The largest absolute Gasteiger partial charge is 0.493 e. The summed E-state index contributed by atoms with van der Waals surface area (Å²) in [5.74, 6) is -0.240. The Kier molecular flexibility index (Phi) is 3.88. The average molecular weight is 290 g/mol. The fraction of sp³-hybridized carbons (Fsp3) is 0.294. The Bertz CT molecular complexity index is 642. The number of hydrogen-bond acceptors (Lipinski definition) is 2. The molecule has 21 heavy (non-hydrogen) atoms. The van der Waals surface area contributed by atoms with Gasteiger partial charge in [-0.15, -0.1) is 0 Å². The van der Waals surface area contributed by atoms with E-state index in [1.807, 2.05) is 24.3 Å². The van der Waals surface area contributed by atoms with E-state index >= 15 is 0 Å². The molecule has 0 amide bonds. The van der Waals surface area contributed by atoms with Crippen LogP contribution in [0.15, 0.2) is 42.5 Å². The number of fused-ring (bicyclic) bond motifs is 1. The van der Waals surface area contributed by atoms with Crippen LogP contribution in [-0.2, 0) is 0 Å². The highest BCUT2D eigenvalue weighted by Gasteiger charge is 2.25. The number of aliphatic hydroxyl groups is 1. The summed E-state index contributed by atoms with van der Waals surface area (Å²) < 4.78 is 32.5. The van der Waals surface area contributed by atoms with E-state index in [2.05, 4.69) is 0 Å². The quantitative estimate of drug-likeness (QED) is 0.927. The van der Waals surface area contributed by atoms with E-state index in [0.29, 0.717) is 13.0 Å². The number of halogens is 2. The van der Waals surface area contributed by atoms with Gasteiger partial charge in [0.2, 0.25) is 0 Å². The van der Waals surface area contributed by atoms with Crippen LogP contribution < -0.4 is 4.74 Å². The van der Waals surface area contributed by atoms with Crippen LogP contribution in [0.25, 0.3) is 0 Å². The summed E-state index contributed by atoms with van der Waals surface area (Å²) in [4.78, 5) is 0. The number of rotatable bonds is 3. The monoisotopic (exact) mass is 290 g/mol. The maximum Gasteiger partial charge on any atom is 0.129 e. The van der Waals surface area contributed by atoms with E-state index in [1.165, 1.54) is 0 Å². The van der Waals surface area contributed by atoms with Crippen LogP contribution in [0.5, 0.6) is 5.75 Å². The molecule has 2 nitrogen and oxygen atoms in total. The lowest BCUT2D eigenvalue weighted by Gasteiger charge is -2.27. The van der Waals surface area contributed by atoms with E-state index < -0.39 is 17.7 Å². The summed E-state index contributed by atoms with van der Waals surface area (Å²) in [5, 5.41) is 10.3. The molecular formula is C17H16F2O2. The maximum atomic E-state index is 13.7. The molecule has 0 aliphatic carbocycles. The molecule has 0 saturated carbocycles. The van der Waals surface area contributed by atoms with E-state index in [4.69, 9.17) is 4.74 Å². The van der Waals surface area contributed by atoms with Crippen LogP contribution in [0.3, 0.4) is 0 Å². The van der Waals surface area contributed by atoms with Gasteiger partial charge in [-0.25, -0.2) is 8.78 Å². The van der Waals surface area contributed by atoms with Gasteiger partial charge in [-0.2, -0.15) is 0 Å². The van der Waals surface area contributed by atoms with Crippen molar-refractivity contribution in [2.75, 3.05) is 6.61 Å². The molecule has 2 aromatic carbocycles. The zero-order valence-electron chi connectivity index (χ0n) is 11.4. The SMILES string of the molecule is OC(CC1CCOc2ccccc21)c1cc(F)ccc1F. The van der Waals surface area contributed by atoms with E-state index in [-0.39, 0.29) is 11.5 Å². The molecule has 1 heterocycles. The van der Waals surface area contributed by atoms with E-state index in [1.54, 1.807) is 0 Å². The fourth-order valence-corrected chi connectivity index (χ4v) is 2.83. The van der Waals surface area contributed by atoms with Crippen LogP contribution >= 0.6 is 0 Å². The zero-order chi connectivity index (χ0) is 14.8. The minimum absolute atomic E-state index is 0.0129. The van der Waals surface area contributed by atoms with Gasteiger partial charge >= 0.3 is 0 Å². The first-order valence-corrected chi connectivity index (χ1v) is 7.00. The Morgan fingerprint density at radius 1 is 1.19 bits per heavy atom. The number of benzene rings is 2. The second kappa shape index (κ2) is 5.82. The molecule has 3 rings (SSSR count). The predicted octanol–water partition coefficient (Wildman–Crippen LogP) is 3.95. The number of para-hydroxylation sites is 1. The summed E-state index contributed by atoms with van der Waals surface area (Å²) in [7, 11) is 0. The van der Waals surface area contributed by atoms with Crippen LogP contribution in [0.1, 0.15) is 36.0 Å². The summed E-state index contributed by atoms with van der Waals surface area (Å²) in [6, 6.07) is 10.8. The lowest BCUT2D eigenvalue weighted by atomic mass is 9.86. The lowest BCUT2D eigenvalue weighted by Crippen LogP contribution is -2.17. The van der Waals surface area contributed by atoms with Gasteiger partial charge in [0.05, 0.1) is 12.7 Å². The van der Waals surface area contributed by atoms with Gasteiger partial charge in [0.15, 0.2) is 0 Å². The third kappa shape index (κ3) is 2.90. The van der Waals surface area contributed by atoms with Crippen molar-refractivity contribution in [1.82, 2.24) is 0 Å². The molecule has 0 fully saturated rings. The van der Waals surface area contributed by atoms with Gasteiger partial charge < -0.3 is 9.84 Å². The minimum atomic E-state index is -1.03. The fourth-order valence-electron chi connectivity index (χ4n) is 2.83. The number of aliphatic hydroxyl groups excluding tert-OH is 1. The van der Waals surface area contributed by atoms with Crippen molar-refractivity contribution >= 4 is 0 Å². The molecule has 0 saturated heterocycles. The van der Waals surface area contributed by atoms with Crippen molar-refractivity contribution in [2.24, 2.45) is 0 Å². The average Bonchev–Trinajstić information content (AvgIpc) is 2.50. The van der Waals surface area contributed by atoms with Gasteiger partial charge in [-0.1, -0.05) is 18.2 Å². The molecule has 0 radical (unpaired) electrons. The van der Waals surface area contributed by atoms with Crippen molar-refractivity contribution in [1.29, 1.82) is 0 Å². The third-order valence-electron chi connectivity index (χ3n) is 3.91. The first kappa shape index (κ1) is 14.0. The van der Waals surface area contributed by atoms with Crippen molar-refractivity contribution in [2.45, 2.75) is 24.9 Å². The molecule has 0 bridgehead atoms. The van der Waals surface area contributed by atoms with Crippen LogP contribution in [0.2, 0.25) is 0 Å². The summed E-state index contributed by atoms with van der Waals surface area (Å²) in [6.45, 7) is 0.569. The highest BCUT2D eigenvalue weighted by atomic mass is 19.1. The smallest absolute Gasteiger partial charge is 0.129 e. The maximum absolute atomic E-state index is 13.7. The van der Waals surface area contributed by atoms with Gasteiger partial charge in [-0.3, -0.25) is 0 Å². The molecule has 110 valence electrons. The van der Waals surface area contributed by atoms with Gasteiger partial charge in [0.1, 0.15) is 17.4 Å². The normalized spacial score (nSPS) is 18.7. The van der Waals surface area contributed by atoms with Crippen LogP contribution in [0.4, 0.5) is 8.78 Å². The van der Waals surface area contributed by atoms with Crippen molar-refractivity contribution in [3.05, 3.63) is 65.2 Å². The van der Waals surface area contributed by atoms with Crippen LogP contribution in [0, 0.1) is 11.6 Å². The molecule has 4 heteroatoms. The third-order valence-corrected chi connectivity index (χ3v) is 3.91. The molecule has 0 spiro atoms. The van der Waals surface area contributed by atoms with E-state index in [9.17, 15) is 13.9 Å². The topological polar surface area (TPSA) is 29.5 Å². The molecule has 2 aromatic rings. The Morgan fingerprint density at radius 2 is 2.00 bits per heavy atom. The Balaban J connectivity index is 1.82. The Morgan fingerprint density at radius 3 is 2.86 bits per heavy atom. The Labute approximate surface area is 122 Å². The summed E-state index contributed by atoms with van der Waals surface area (Å²) in [6.07, 6.45) is 0.0722. The first-order valence-electron chi connectivity index (χ1n) is 7.00. The van der Waals surface area contributed by atoms with Gasteiger partial charge in [-0.05, 0) is 48.6 Å². The second-order valence-corrected chi connectivity index (χ2v) is 5.29. The molecule has 2 unspecified atom stereocenters. The summed E-state index contributed by atoms with van der Waals surface area (Å²) >= 11 is 0. The van der Waals surface area contributed by atoms with Crippen molar-refractivity contribution in [3.63, 3.8) is 0 Å². The standard InChI is InChI=1S/C17H16F2O2/c18-12-5-6-15(19)14(10-12)16(20)9-11-7-8-21-17-4-2-1-3-13(11)17/h1-6,10-11,16,20H,7-9H2. The molecule has 1 aliphatic heterocycles. The molecular weight excluding hydrogens is 274 g/mol. The molecule has 2 atom stereocenters. The molecule has 0 aromatic heterocycles. The minimum Gasteiger partial charge on any atom is -0.493 e. The predicted molar refractivity (Wildman–Crippen MR) is 75.2 cm³/mol. The van der Waals surface area contributed by atoms with Crippen molar-refractivity contribution in [3.8, 4) is 5.75 Å². The van der Waals surface area contributed by atoms with Crippen molar-refractivity contribution < 1.29 is 18.6 Å². The molecule has 1 N–H and O–H groups in total. The first-order chi connectivity index (χ1) is 10.1. The highest BCUT2D eigenvalue weighted by molar-refractivity contribution is 5.38. The highest BCUT2D eigenvalue weighted by Crippen LogP contribution is 2.39. The zero-order valence-corrected chi connectivity index (χ0v) is 11.4. The number of hydrogen-bond donors (Lipinski definition) is 1. The van der Waals surface area contributed by atoms with Gasteiger partial charge in [0, 0.05) is 5.56 Å². The Hall–Kier alpha value is -1.94.